The van der Waals surface area contributed by atoms with Crippen LogP contribution in [0.2, 0.25) is 0 Å². The monoisotopic (exact) mass is 331 g/mol. The quantitative estimate of drug-likeness (QED) is 0.652. The smallest absolute Gasteiger partial charge is 0.267 e. The summed E-state index contributed by atoms with van der Waals surface area (Å²) in [5.41, 5.74) is 5.05. The average molecular weight is 332 g/mol. The van der Waals surface area contributed by atoms with Crippen molar-refractivity contribution in [1.82, 2.24) is 9.78 Å². The molecule has 1 amide bonds. The SMILES string of the molecule is Br.Cn1nc(S(N)(=O)=O)sc1=NC(=O)CN. The number of sulfonamides is 1. The number of rotatable bonds is 2. The Morgan fingerprint density at radius 2 is 2.19 bits per heavy atom. The molecule has 0 aliphatic heterocycles. The van der Waals surface area contributed by atoms with Gasteiger partial charge in [-0.3, -0.25) is 4.79 Å². The van der Waals surface area contributed by atoms with Gasteiger partial charge in [0.05, 0.1) is 6.54 Å². The number of aromatic nitrogens is 2. The maximum absolute atomic E-state index is 10.9. The van der Waals surface area contributed by atoms with Gasteiger partial charge in [0.1, 0.15) is 0 Å². The highest BCUT2D eigenvalue weighted by molar-refractivity contribution is 8.93. The molecule has 0 saturated heterocycles. The van der Waals surface area contributed by atoms with Gasteiger partial charge in [-0.2, -0.15) is 4.99 Å². The number of aryl methyl sites for hydroxylation is 1. The molecule has 0 spiro atoms. The zero-order valence-electron chi connectivity index (χ0n) is 8.15. The minimum Gasteiger partial charge on any atom is -0.322 e. The molecule has 0 aromatic carbocycles. The molecule has 0 atom stereocenters. The fraction of sp³-hybridized carbons (Fsp3) is 0.400. The molecule has 0 aliphatic rings. The number of hydrogen-bond donors (Lipinski definition) is 2. The number of carbonyl (C=O) groups excluding carboxylic acids is 1. The number of nitrogens with two attached hydrogens (primary N) is 2. The van der Waals surface area contributed by atoms with E-state index in [0.29, 0.717) is 11.3 Å². The van der Waals surface area contributed by atoms with Crippen molar-refractivity contribution in [2.24, 2.45) is 22.9 Å². The molecule has 11 heteroatoms. The summed E-state index contributed by atoms with van der Waals surface area (Å²) in [4.78, 5) is 14.6. The predicted molar refractivity (Wildman–Crippen MR) is 62.4 cm³/mol. The molecule has 0 aliphatic carbocycles. The van der Waals surface area contributed by atoms with E-state index in [-0.39, 0.29) is 32.7 Å². The van der Waals surface area contributed by atoms with E-state index in [1.165, 1.54) is 7.05 Å². The van der Waals surface area contributed by atoms with Crippen molar-refractivity contribution < 1.29 is 13.2 Å². The lowest BCUT2D eigenvalue weighted by Gasteiger charge is -1.87. The van der Waals surface area contributed by atoms with Crippen LogP contribution < -0.4 is 15.7 Å². The Kier molecular flexibility index (Phi) is 5.41. The molecule has 1 rings (SSSR count). The zero-order valence-corrected chi connectivity index (χ0v) is 11.5. The van der Waals surface area contributed by atoms with Crippen molar-refractivity contribution in [2.75, 3.05) is 6.54 Å². The van der Waals surface area contributed by atoms with Crippen LogP contribution in [0.4, 0.5) is 0 Å². The first-order valence-electron chi connectivity index (χ1n) is 3.69. The summed E-state index contributed by atoms with van der Waals surface area (Å²) in [6.07, 6.45) is 0. The van der Waals surface area contributed by atoms with Gasteiger partial charge in [0.2, 0.25) is 9.14 Å². The van der Waals surface area contributed by atoms with Crippen LogP contribution >= 0.6 is 28.3 Å². The van der Waals surface area contributed by atoms with Crippen molar-refractivity contribution in [3.05, 3.63) is 4.80 Å². The van der Waals surface area contributed by atoms with Crippen LogP contribution in [0.5, 0.6) is 0 Å². The summed E-state index contributed by atoms with van der Waals surface area (Å²) in [6, 6.07) is 0. The number of hydrogen-bond acceptors (Lipinski definition) is 6. The lowest BCUT2D eigenvalue weighted by Crippen LogP contribution is -2.18. The third-order valence-electron chi connectivity index (χ3n) is 1.33. The molecule has 1 aromatic rings. The number of amides is 1. The van der Waals surface area contributed by atoms with E-state index >= 15 is 0 Å². The molecule has 0 radical (unpaired) electrons. The van der Waals surface area contributed by atoms with Gasteiger partial charge >= 0.3 is 0 Å². The van der Waals surface area contributed by atoms with Crippen LogP contribution in [0.25, 0.3) is 0 Å². The van der Waals surface area contributed by atoms with Crippen LogP contribution in [0.15, 0.2) is 9.33 Å². The van der Waals surface area contributed by atoms with Crippen LogP contribution in [0.3, 0.4) is 0 Å². The predicted octanol–water partition coefficient (Wildman–Crippen LogP) is -1.91. The Morgan fingerprint density at radius 3 is 2.56 bits per heavy atom. The second-order valence-corrected chi connectivity index (χ2v) is 5.22. The van der Waals surface area contributed by atoms with Crippen molar-refractivity contribution in [1.29, 1.82) is 0 Å². The molecule has 16 heavy (non-hydrogen) atoms. The third kappa shape index (κ3) is 3.75. The Balaban J connectivity index is 0.00000225. The van der Waals surface area contributed by atoms with E-state index in [1.807, 2.05) is 0 Å². The fourth-order valence-corrected chi connectivity index (χ4v) is 2.26. The minimum atomic E-state index is -3.86. The lowest BCUT2D eigenvalue weighted by atomic mass is 10.6. The Morgan fingerprint density at radius 1 is 1.62 bits per heavy atom. The summed E-state index contributed by atoms with van der Waals surface area (Å²) in [5, 5.41) is 8.46. The molecular weight excluding hydrogens is 322 g/mol. The molecule has 0 bridgehead atoms. The van der Waals surface area contributed by atoms with E-state index in [0.717, 1.165) is 4.68 Å². The second kappa shape index (κ2) is 5.63. The number of carbonyl (C=O) groups is 1. The first-order valence-corrected chi connectivity index (χ1v) is 6.05. The highest BCUT2D eigenvalue weighted by atomic mass is 79.9. The van der Waals surface area contributed by atoms with Crippen LogP contribution in [-0.2, 0) is 21.9 Å². The van der Waals surface area contributed by atoms with Crippen molar-refractivity contribution in [3.63, 3.8) is 0 Å². The molecule has 0 saturated carbocycles. The topological polar surface area (TPSA) is 133 Å². The lowest BCUT2D eigenvalue weighted by molar-refractivity contribution is -0.116. The van der Waals surface area contributed by atoms with E-state index < -0.39 is 15.9 Å². The highest BCUT2D eigenvalue weighted by Crippen LogP contribution is 2.03. The second-order valence-electron chi connectivity index (χ2n) is 2.53. The fourth-order valence-electron chi connectivity index (χ4n) is 0.692. The standard InChI is InChI=1S/C5H9N5O3S2.BrH/c1-10-4(8-3(11)2-6)14-5(9-10)15(7,12)13;/h2,6H2,1H3,(H2,7,12,13);1H. The van der Waals surface area contributed by atoms with Crippen molar-refractivity contribution in [3.8, 4) is 0 Å². The number of nitrogens with zero attached hydrogens (tertiary/aromatic N) is 3. The van der Waals surface area contributed by atoms with Gasteiger partial charge in [-0.1, -0.05) is 11.3 Å². The molecule has 8 nitrogen and oxygen atoms in total. The van der Waals surface area contributed by atoms with Gasteiger partial charge in [0.25, 0.3) is 15.9 Å². The Hall–Kier alpha value is -0.620. The third-order valence-corrected chi connectivity index (χ3v) is 3.64. The van der Waals surface area contributed by atoms with Gasteiger partial charge in [-0.05, 0) is 0 Å². The number of primary sulfonamides is 1. The van der Waals surface area contributed by atoms with Crippen LogP contribution in [-0.4, -0.2) is 30.7 Å². The Bertz CT molecular complexity index is 545. The van der Waals surface area contributed by atoms with Gasteiger partial charge in [0.15, 0.2) is 0 Å². The van der Waals surface area contributed by atoms with E-state index in [4.69, 9.17) is 10.9 Å². The van der Waals surface area contributed by atoms with Crippen molar-refractivity contribution >= 4 is 44.2 Å². The minimum absolute atomic E-state index is 0. The molecule has 4 N–H and O–H groups in total. The summed E-state index contributed by atoms with van der Waals surface area (Å²) >= 11 is 0.706. The van der Waals surface area contributed by atoms with E-state index in [2.05, 4.69) is 10.1 Å². The van der Waals surface area contributed by atoms with Gasteiger partial charge in [-0.15, -0.1) is 22.1 Å². The molecular formula is C5H10BrN5O3S2. The van der Waals surface area contributed by atoms with Gasteiger partial charge in [-0.25, -0.2) is 18.2 Å². The summed E-state index contributed by atoms with van der Waals surface area (Å²) < 4.78 is 22.7. The highest BCUT2D eigenvalue weighted by Gasteiger charge is 2.14. The zero-order chi connectivity index (χ0) is 11.6. The Labute approximate surface area is 106 Å². The normalized spacial score (nSPS) is 12.3. The number of halogens is 1. The molecule has 0 unspecified atom stereocenters. The summed E-state index contributed by atoms with van der Waals surface area (Å²) in [5.74, 6) is -0.560. The first-order chi connectivity index (χ1) is 6.84. The van der Waals surface area contributed by atoms with E-state index in [1.54, 1.807) is 0 Å². The van der Waals surface area contributed by atoms with E-state index in [9.17, 15) is 13.2 Å². The molecule has 1 heterocycles. The summed E-state index contributed by atoms with van der Waals surface area (Å²) in [7, 11) is -2.41. The summed E-state index contributed by atoms with van der Waals surface area (Å²) in [6.45, 7) is -0.247. The largest absolute Gasteiger partial charge is 0.322 e. The van der Waals surface area contributed by atoms with Crippen LogP contribution in [0.1, 0.15) is 0 Å². The molecule has 1 aromatic heterocycles. The van der Waals surface area contributed by atoms with Crippen molar-refractivity contribution in [2.45, 2.75) is 4.34 Å². The molecule has 92 valence electrons. The first kappa shape index (κ1) is 15.4. The molecule has 0 fully saturated rings. The maximum atomic E-state index is 10.9. The maximum Gasteiger partial charge on any atom is 0.267 e. The average Bonchev–Trinajstić information content (AvgIpc) is 2.47. The van der Waals surface area contributed by atoms with Crippen LogP contribution in [0, 0.1) is 0 Å². The van der Waals surface area contributed by atoms with Gasteiger partial charge < -0.3 is 5.73 Å². The van der Waals surface area contributed by atoms with Gasteiger partial charge in [0, 0.05) is 7.05 Å².